The molecule has 2 amide bonds. The maximum Gasteiger partial charge on any atom is 0.268 e. The minimum absolute atomic E-state index is 0.172. The predicted molar refractivity (Wildman–Crippen MR) is 171 cm³/mol. The summed E-state index contributed by atoms with van der Waals surface area (Å²) in [6.07, 6.45) is 8.83. The lowest BCUT2D eigenvalue weighted by Crippen LogP contribution is -2.70. The Kier molecular flexibility index (Phi) is 7.92. The van der Waals surface area contributed by atoms with Crippen molar-refractivity contribution >= 4 is 39.3 Å². The van der Waals surface area contributed by atoms with Gasteiger partial charge in [0.05, 0.1) is 31.0 Å². The summed E-state index contributed by atoms with van der Waals surface area (Å²) in [5.41, 5.74) is 3.12. The molecule has 0 saturated carbocycles. The molecule has 222 valence electrons. The fourth-order valence-corrected chi connectivity index (χ4v) is 6.22. The van der Waals surface area contributed by atoms with E-state index in [4.69, 9.17) is 4.74 Å². The van der Waals surface area contributed by atoms with E-state index in [0.29, 0.717) is 30.1 Å². The summed E-state index contributed by atoms with van der Waals surface area (Å²) in [5.74, 6) is 0.0450. The van der Waals surface area contributed by atoms with Crippen LogP contribution >= 0.6 is 0 Å². The van der Waals surface area contributed by atoms with E-state index in [2.05, 4.69) is 32.3 Å². The lowest BCUT2D eigenvalue weighted by Gasteiger charge is -2.46. The highest BCUT2D eigenvalue weighted by Gasteiger charge is 2.48. The number of carbonyl (C=O) groups is 2. The summed E-state index contributed by atoms with van der Waals surface area (Å²) in [4.78, 5) is 38.9. The van der Waals surface area contributed by atoms with Gasteiger partial charge in [0.2, 0.25) is 5.91 Å². The van der Waals surface area contributed by atoms with Gasteiger partial charge in [-0.1, -0.05) is 48.6 Å². The Balaban J connectivity index is 1.56. The van der Waals surface area contributed by atoms with Gasteiger partial charge in [0.15, 0.2) is 5.66 Å². The lowest BCUT2D eigenvalue weighted by atomic mass is 9.93. The Hall–Kier alpha value is -5.33. The summed E-state index contributed by atoms with van der Waals surface area (Å²) >= 11 is 0. The minimum atomic E-state index is -1.43. The fourth-order valence-electron chi connectivity index (χ4n) is 6.22. The Morgan fingerprint density at radius 3 is 2.55 bits per heavy atom. The molecular weight excluding hydrogens is 552 g/mol. The monoisotopic (exact) mass is 586 g/mol. The molecule has 0 bridgehead atoms. The molecule has 1 atom stereocenters. The van der Waals surface area contributed by atoms with Crippen LogP contribution in [0.1, 0.15) is 30.0 Å². The van der Waals surface area contributed by atoms with Crippen LogP contribution in [-0.2, 0) is 22.6 Å². The summed E-state index contributed by atoms with van der Waals surface area (Å²) in [6, 6.07) is 23.1. The van der Waals surface area contributed by atoms with Crippen LogP contribution in [0.25, 0.3) is 21.8 Å². The van der Waals surface area contributed by atoms with E-state index < -0.39 is 5.66 Å². The molecule has 1 aliphatic rings. The number of nitrogens with zero attached hydrogens (tertiary/aromatic N) is 3. The third-order valence-corrected chi connectivity index (χ3v) is 8.30. The second-order valence-electron chi connectivity index (χ2n) is 11.0. The lowest BCUT2D eigenvalue weighted by molar-refractivity contribution is -0.139. The number of hydrogen-bond acceptors (Lipinski definition) is 5. The van der Waals surface area contributed by atoms with Crippen molar-refractivity contribution in [2.75, 3.05) is 25.1 Å². The van der Waals surface area contributed by atoms with Gasteiger partial charge < -0.3 is 24.9 Å². The highest BCUT2D eigenvalue weighted by Crippen LogP contribution is 2.35. The molecule has 6 rings (SSSR count). The second-order valence-corrected chi connectivity index (χ2v) is 11.0. The molecule has 9 heteroatoms. The molecule has 1 unspecified atom stereocenters. The predicted octanol–water partition coefficient (Wildman–Crippen LogP) is 5.40. The van der Waals surface area contributed by atoms with Gasteiger partial charge >= 0.3 is 0 Å². The molecule has 44 heavy (non-hydrogen) atoms. The van der Waals surface area contributed by atoms with Crippen LogP contribution in [0.15, 0.2) is 91.3 Å². The smallest absolute Gasteiger partial charge is 0.268 e. The van der Waals surface area contributed by atoms with Gasteiger partial charge in [-0.05, 0) is 42.3 Å². The van der Waals surface area contributed by atoms with Crippen molar-refractivity contribution in [3.63, 3.8) is 0 Å². The molecule has 2 aromatic heterocycles. The van der Waals surface area contributed by atoms with Gasteiger partial charge in [-0.2, -0.15) is 5.26 Å². The number of fused-ring (bicyclic) bond motifs is 2. The maximum atomic E-state index is 15.5. The third-order valence-electron chi connectivity index (χ3n) is 8.30. The maximum absolute atomic E-state index is 15.5. The SMILES string of the molecule is COc1ccccc1CN(C(=O)C(Cc1c[nH]c2ccccc12)(NC(C)=O)N1CC=CCC1)c1c[nH]c2ccc(C#N)cc12. The number of methoxy groups -OCH3 is 1. The first-order chi connectivity index (χ1) is 21.4. The number of hydrogen-bond donors (Lipinski definition) is 3. The van der Waals surface area contributed by atoms with Crippen molar-refractivity contribution in [1.29, 1.82) is 5.26 Å². The molecule has 3 N–H and O–H groups in total. The zero-order valence-corrected chi connectivity index (χ0v) is 24.8. The van der Waals surface area contributed by atoms with Gasteiger partial charge in [0.1, 0.15) is 5.75 Å². The molecule has 0 spiro atoms. The topological polar surface area (TPSA) is 117 Å². The number of benzene rings is 3. The first-order valence-corrected chi connectivity index (χ1v) is 14.6. The van der Waals surface area contributed by atoms with E-state index in [9.17, 15) is 10.1 Å². The van der Waals surface area contributed by atoms with E-state index in [1.54, 1.807) is 30.3 Å². The minimum Gasteiger partial charge on any atom is -0.496 e. The molecular formula is C35H34N6O3. The fraction of sp³-hybridized carbons (Fsp3) is 0.229. The molecule has 0 fully saturated rings. The average molecular weight is 587 g/mol. The average Bonchev–Trinajstić information content (AvgIpc) is 3.67. The Morgan fingerprint density at radius 1 is 1.00 bits per heavy atom. The van der Waals surface area contributed by atoms with Gasteiger partial charge in [-0.15, -0.1) is 0 Å². The van der Waals surface area contributed by atoms with E-state index >= 15 is 4.79 Å². The van der Waals surface area contributed by atoms with Crippen LogP contribution in [0, 0.1) is 11.3 Å². The summed E-state index contributed by atoms with van der Waals surface area (Å²) in [5, 5.41) is 14.6. The highest BCUT2D eigenvalue weighted by molar-refractivity contribution is 6.08. The number of anilines is 1. The van der Waals surface area contributed by atoms with Crippen LogP contribution in [0.5, 0.6) is 5.75 Å². The van der Waals surface area contributed by atoms with Crippen molar-refractivity contribution < 1.29 is 14.3 Å². The number of para-hydroxylation sites is 2. The summed E-state index contributed by atoms with van der Waals surface area (Å²) < 4.78 is 5.68. The number of ether oxygens (including phenoxy) is 1. The number of aromatic amines is 2. The zero-order chi connectivity index (χ0) is 30.7. The van der Waals surface area contributed by atoms with Crippen LogP contribution in [0.2, 0.25) is 0 Å². The normalized spacial score (nSPS) is 14.7. The Labute approximate surface area is 255 Å². The molecule has 0 radical (unpaired) electrons. The van der Waals surface area contributed by atoms with Crippen LogP contribution in [-0.4, -0.2) is 52.5 Å². The zero-order valence-electron chi connectivity index (χ0n) is 24.8. The molecule has 5 aromatic rings. The molecule has 9 nitrogen and oxygen atoms in total. The number of carbonyl (C=O) groups excluding carboxylic acids is 2. The summed E-state index contributed by atoms with van der Waals surface area (Å²) in [6.45, 7) is 2.70. The molecule has 1 aliphatic heterocycles. The van der Waals surface area contributed by atoms with Crippen LogP contribution in [0.3, 0.4) is 0 Å². The van der Waals surface area contributed by atoms with Crippen molar-refractivity contribution in [3.05, 3.63) is 108 Å². The summed E-state index contributed by atoms with van der Waals surface area (Å²) in [7, 11) is 1.61. The first kappa shape index (κ1) is 28.8. The first-order valence-electron chi connectivity index (χ1n) is 14.6. The number of amides is 2. The third kappa shape index (κ3) is 5.32. The van der Waals surface area contributed by atoms with Crippen LogP contribution in [0.4, 0.5) is 5.69 Å². The molecule has 0 aliphatic carbocycles. The van der Waals surface area contributed by atoms with E-state index in [1.807, 2.05) is 66.9 Å². The van der Waals surface area contributed by atoms with Crippen LogP contribution < -0.4 is 15.0 Å². The number of nitrogens with one attached hydrogen (secondary N) is 3. The van der Waals surface area contributed by atoms with Crippen molar-refractivity contribution in [2.45, 2.75) is 32.0 Å². The Bertz CT molecular complexity index is 1910. The van der Waals surface area contributed by atoms with Gasteiger partial charge in [0, 0.05) is 66.2 Å². The largest absolute Gasteiger partial charge is 0.496 e. The van der Waals surface area contributed by atoms with E-state index in [1.165, 1.54) is 6.92 Å². The van der Waals surface area contributed by atoms with E-state index in [-0.39, 0.29) is 24.8 Å². The second kappa shape index (κ2) is 12.1. The van der Waals surface area contributed by atoms with Gasteiger partial charge in [0.25, 0.3) is 5.91 Å². The number of aromatic nitrogens is 2. The number of nitriles is 1. The molecule has 3 aromatic carbocycles. The number of rotatable bonds is 9. The van der Waals surface area contributed by atoms with Crippen molar-refractivity contribution in [1.82, 2.24) is 20.2 Å². The van der Waals surface area contributed by atoms with Gasteiger partial charge in [-0.3, -0.25) is 14.5 Å². The van der Waals surface area contributed by atoms with Gasteiger partial charge in [-0.25, -0.2) is 0 Å². The van der Waals surface area contributed by atoms with E-state index in [0.717, 1.165) is 39.4 Å². The van der Waals surface area contributed by atoms with Crippen molar-refractivity contribution in [3.8, 4) is 11.8 Å². The standard InChI is InChI=1S/C35H34N6O3/c1-24(42)39-35(40-16-8-3-9-17-40,19-27-21-37-30-12-6-5-11-28(27)30)34(43)41(23-26-10-4-7-13-33(26)44-2)32-22-38-31-15-14-25(20-36)18-29(31)32/h3-8,10-15,18,21-22,37-38H,9,16-17,19,23H2,1-2H3,(H,39,42). The molecule has 3 heterocycles. The quantitative estimate of drug-likeness (QED) is 0.200. The molecule has 0 saturated heterocycles. The Morgan fingerprint density at radius 2 is 1.77 bits per heavy atom. The van der Waals surface area contributed by atoms with Crippen molar-refractivity contribution in [2.24, 2.45) is 0 Å². The highest BCUT2D eigenvalue weighted by atomic mass is 16.5. The number of H-pyrrole nitrogens is 2.